The zero-order chi connectivity index (χ0) is 15.2. The topological polar surface area (TPSA) is 44.3 Å². The SMILES string of the molecule is CC(C)CNCc1cncc(N2CCN(C(C)C)CC2)n1. The van der Waals surface area contributed by atoms with Gasteiger partial charge in [0.05, 0.1) is 11.9 Å². The van der Waals surface area contributed by atoms with Gasteiger partial charge in [0.2, 0.25) is 0 Å². The van der Waals surface area contributed by atoms with Crippen molar-refractivity contribution in [2.45, 2.75) is 40.3 Å². The maximum atomic E-state index is 4.75. The minimum absolute atomic E-state index is 0.629. The number of nitrogens with one attached hydrogen (secondary N) is 1. The van der Waals surface area contributed by atoms with Gasteiger partial charge in [0, 0.05) is 45.0 Å². The van der Waals surface area contributed by atoms with Crippen LogP contribution in [0.4, 0.5) is 5.82 Å². The van der Waals surface area contributed by atoms with Crippen molar-refractivity contribution in [1.29, 1.82) is 0 Å². The normalized spacial score (nSPS) is 17.0. The van der Waals surface area contributed by atoms with Crippen LogP contribution in [0.5, 0.6) is 0 Å². The van der Waals surface area contributed by atoms with Gasteiger partial charge >= 0.3 is 0 Å². The van der Waals surface area contributed by atoms with Crippen molar-refractivity contribution in [2.24, 2.45) is 5.92 Å². The van der Waals surface area contributed by atoms with Gasteiger partial charge in [-0.2, -0.15) is 0 Å². The molecule has 0 radical (unpaired) electrons. The van der Waals surface area contributed by atoms with E-state index >= 15 is 0 Å². The molecule has 0 unspecified atom stereocenters. The molecule has 0 atom stereocenters. The number of hydrogen-bond acceptors (Lipinski definition) is 5. The van der Waals surface area contributed by atoms with Crippen LogP contribution in [0.25, 0.3) is 0 Å². The number of hydrogen-bond donors (Lipinski definition) is 1. The number of anilines is 1. The van der Waals surface area contributed by atoms with Crippen molar-refractivity contribution < 1.29 is 0 Å². The predicted octanol–water partition coefficient (Wildman–Crippen LogP) is 1.75. The molecule has 0 saturated carbocycles. The molecule has 1 aliphatic rings. The van der Waals surface area contributed by atoms with Crippen LogP contribution in [0, 0.1) is 5.92 Å². The van der Waals surface area contributed by atoms with Gasteiger partial charge in [-0.1, -0.05) is 13.8 Å². The smallest absolute Gasteiger partial charge is 0.147 e. The molecular formula is C16H29N5. The lowest BCUT2D eigenvalue weighted by Crippen LogP contribution is -2.49. The Morgan fingerprint density at radius 3 is 2.43 bits per heavy atom. The van der Waals surface area contributed by atoms with Crippen molar-refractivity contribution in [3.05, 3.63) is 18.1 Å². The predicted molar refractivity (Wildman–Crippen MR) is 87.5 cm³/mol. The van der Waals surface area contributed by atoms with E-state index in [0.29, 0.717) is 12.0 Å². The summed E-state index contributed by atoms with van der Waals surface area (Å²) in [7, 11) is 0. The van der Waals surface area contributed by atoms with Gasteiger partial charge in [0.25, 0.3) is 0 Å². The summed E-state index contributed by atoms with van der Waals surface area (Å²) in [6.07, 6.45) is 3.75. The third kappa shape index (κ3) is 4.93. The van der Waals surface area contributed by atoms with Gasteiger partial charge < -0.3 is 10.2 Å². The van der Waals surface area contributed by atoms with E-state index in [1.54, 1.807) is 0 Å². The minimum Gasteiger partial charge on any atom is -0.353 e. The fourth-order valence-electron chi connectivity index (χ4n) is 2.59. The number of aromatic nitrogens is 2. The molecule has 0 aromatic carbocycles. The third-order valence-corrected chi connectivity index (χ3v) is 3.90. The summed E-state index contributed by atoms with van der Waals surface area (Å²) in [5, 5.41) is 3.42. The van der Waals surface area contributed by atoms with Gasteiger partial charge in [0.1, 0.15) is 5.82 Å². The Bertz CT molecular complexity index is 424. The summed E-state index contributed by atoms with van der Waals surface area (Å²) >= 11 is 0. The molecule has 5 heteroatoms. The largest absolute Gasteiger partial charge is 0.353 e. The fraction of sp³-hybridized carbons (Fsp3) is 0.750. The molecule has 118 valence electrons. The Kier molecular flexibility index (Phi) is 5.94. The van der Waals surface area contributed by atoms with E-state index in [-0.39, 0.29) is 0 Å². The summed E-state index contributed by atoms with van der Waals surface area (Å²) in [6.45, 7) is 15.0. The van der Waals surface area contributed by atoms with Crippen molar-refractivity contribution in [3.8, 4) is 0 Å². The second-order valence-electron chi connectivity index (χ2n) is 6.51. The van der Waals surface area contributed by atoms with E-state index in [4.69, 9.17) is 4.98 Å². The highest BCUT2D eigenvalue weighted by atomic mass is 15.3. The van der Waals surface area contributed by atoms with Crippen LogP contribution < -0.4 is 10.2 Å². The molecule has 1 N–H and O–H groups in total. The summed E-state index contributed by atoms with van der Waals surface area (Å²) in [5.41, 5.74) is 1.03. The van der Waals surface area contributed by atoms with Gasteiger partial charge in [-0.15, -0.1) is 0 Å². The lowest BCUT2D eigenvalue weighted by atomic mass is 10.2. The summed E-state index contributed by atoms with van der Waals surface area (Å²) < 4.78 is 0. The molecule has 1 fully saturated rings. The van der Waals surface area contributed by atoms with E-state index in [0.717, 1.165) is 50.8 Å². The van der Waals surface area contributed by atoms with Crippen LogP contribution in [0.1, 0.15) is 33.4 Å². The fourth-order valence-corrected chi connectivity index (χ4v) is 2.59. The average molecular weight is 291 g/mol. The van der Waals surface area contributed by atoms with E-state index in [9.17, 15) is 0 Å². The van der Waals surface area contributed by atoms with E-state index in [1.807, 2.05) is 12.4 Å². The van der Waals surface area contributed by atoms with E-state index in [2.05, 4.69) is 47.8 Å². The van der Waals surface area contributed by atoms with Crippen molar-refractivity contribution in [3.63, 3.8) is 0 Å². The van der Waals surface area contributed by atoms with Gasteiger partial charge in [-0.3, -0.25) is 9.88 Å². The highest BCUT2D eigenvalue weighted by molar-refractivity contribution is 5.37. The van der Waals surface area contributed by atoms with Crippen LogP contribution >= 0.6 is 0 Å². The highest BCUT2D eigenvalue weighted by Gasteiger charge is 2.19. The van der Waals surface area contributed by atoms with Crippen LogP contribution in [-0.2, 0) is 6.54 Å². The van der Waals surface area contributed by atoms with Gasteiger partial charge in [-0.25, -0.2) is 4.98 Å². The second kappa shape index (κ2) is 7.71. The molecule has 0 amide bonds. The van der Waals surface area contributed by atoms with Crippen LogP contribution in [0.2, 0.25) is 0 Å². The molecule has 2 rings (SSSR count). The van der Waals surface area contributed by atoms with E-state index < -0.39 is 0 Å². The Balaban J connectivity index is 1.89. The number of nitrogens with zero attached hydrogens (tertiary/aromatic N) is 4. The molecular weight excluding hydrogens is 262 g/mol. The maximum absolute atomic E-state index is 4.75. The lowest BCUT2D eigenvalue weighted by Gasteiger charge is -2.37. The second-order valence-corrected chi connectivity index (χ2v) is 6.51. The lowest BCUT2D eigenvalue weighted by molar-refractivity contribution is 0.209. The molecule has 1 aromatic rings. The first-order chi connectivity index (χ1) is 10.1. The van der Waals surface area contributed by atoms with Crippen molar-refractivity contribution in [2.75, 3.05) is 37.6 Å². The van der Waals surface area contributed by atoms with Gasteiger partial charge in [-0.05, 0) is 26.3 Å². The first-order valence-electron chi connectivity index (χ1n) is 8.07. The van der Waals surface area contributed by atoms with Crippen LogP contribution in [0.15, 0.2) is 12.4 Å². The molecule has 0 spiro atoms. The first-order valence-corrected chi connectivity index (χ1v) is 8.07. The third-order valence-electron chi connectivity index (χ3n) is 3.90. The van der Waals surface area contributed by atoms with Crippen molar-refractivity contribution in [1.82, 2.24) is 20.2 Å². The average Bonchev–Trinajstić information content (AvgIpc) is 2.47. The molecule has 2 heterocycles. The zero-order valence-electron chi connectivity index (χ0n) is 13.8. The molecule has 0 aliphatic carbocycles. The monoisotopic (exact) mass is 291 g/mol. The summed E-state index contributed by atoms with van der Waals surface area (Å²) in [4.78, 5) is 14.0. The summed E-state index contributed by atoms with van der Waals surface area (Å²) in [6, 6.07) is 0.629. The standard InChI is InChI=1S/C16H29N5/c1-13(2)9-17-10-15-11-18-12-16(19-15)21-7-5-20(6-8-21)14(3)4/h11-14,17H,5-10H2,1-4H3. The van der Waals surface area contributed by atoms with Crippen LogP contribution in [-0.4, -0.2) is 53.6 Å². The molecule has 21 heavy (non-hydrogen) atoms. The molecule has 5 nitrogen and oxygen atoms in total. The Hall–Kier alpha value is -1.20. The first kappa shape index (κ1) is 16.2. The van der Waals surface area contributed by atoms with Gasteiger partial charge in [0.15, 0.2) is 0 Å². The van der Waals surface area contributed by atoms with Crippen molar-refractivity contribution >= 4 is 5.82 Å². The highest BCUT2D eigenvalue weighted by Crippen LogP contribution is 2.14. The summed E-state index contributed by atoms with van der Waals surface area (Å²) in [5.74, 6) is 1.67. The van der Waals surface area contributed by atoms with E-state index in [1.165, 1.54) is 0 Å². The minimum atomic E-state index is 0.629. The molecule has 0 bridgehead atoms. The molecule has 1 aliphatic heterocycles. The Morgan fingerprint density at radius 2 is 1.81 bits per heavy atom. The zero-order valence-corrected chi connectivity index (χ0v) is 13.8. The maximum Gasteiger partial charge on any atom is 0.147 e. The Labute approximate surface area is 128 Å². The quantitative estimate of drug-likeness (QED) is 0.865. The Morgan fingerprint density at radius 1 is 1.10 bits per heavy atom. The number of rotatable bonds is 6. The van der Waals surface area contributed by atoms with Crippen LogP contribution in [0.3, 0.4) is 0 Å². The molecule has 1 saturated heterocycles. The number of piperazine rings is 1. The molecule has 1 aromatic heterocycles.